The molecule has 0 bridgehead atoms. The predicted molar refractivity (Wildman–Crippen MR) is 278 cm³/mol. The molecule has 1 aliphatic rings. The van der Waals surface area contributed by atoms with Crippen LogP contribution in [-0.4, -0.2) is 19.9 Å². The lowest BCUT2D eigenvalue weighted by Crippen LogP contribution is -2.14. The molecule has 0 amide bonds. The average Bonchev–Trinajstić information content (AvgIpc) is 3.62. The molecule has 2 heterocycles. The largest absolute Gasteiger partial charge is 0.264 e. The molecule has 0 saturated carbocycles. The molecule has 4 nitrogen and oxygen atoms in total. The van der Waals surface area contributed by atoms with Crippen molar-refractivity contribution in [2.45, 2.75) is 19.3 Å². The van der Waals surface area contributed by atoms with Gasteiger partial charge in [-0.2, -0.15) is 0 Å². The molecule has 0 saturated heterocycles. The van der Waals surface area contributed by atoms with Crippen molar-refractivity contribution in [1.29, 1.82) is 0 Å². The summed E-state index contributed by atoms with van der Waals surface area (Å²) in [6.07, 6.45) is 3.69. The molecule has 0 fully saturated rings. The molecule has 4 heteroatoms. The fraction of sp³-hybridized carbons (Fsp3) is 0.0476. The van der Waals surface area contributed by atoms with E-state index in [4.69, 9.17) is 15.0 Å². The second-order valence-corrected chi connectivity index (χ2v) is 18.4. The normalized spacial score (nSPS) is 12.7. The van der Waals surface area contributed by atoms with Gasteiger partial charge in [0.1, 0.15) is 0 Å². The summed E-state index contributed by atoms with van der Waals surface area (Å²) < 4.78 is 0. The van der Waals surface area contributed by atoms with Crippen LogP contribution in [0.3, 0.4) is 0 Å². The third kappa shape index (κ3) is 6.76. The van der Waals surface area contributed by atoms with Gasteiger partial charge < -0.3 is 0 Å². The Morgan fingerprint density at radius 3 is 1.34 bits per heavy atom. The van der Waals surface area contributed by atoms with Crippen molar-refractivity contribution in [3.63, 3.8) is 0 Å². The molecular formula is C63H42N4. The first kappa shape index (κ1) is 38.8. The average molecular weight is 855 g/mol. The quantitative estimate of drug-likeness (QED) is 0.156. The Kier molecular flexibility index (Phi) is 8.84. The number of nitrogens with zero attached hydrogens (tertiary/aromatic N) is 4. The number of fused-ring (bicyclic) bond motifs is 7. The second-order valence-electron chi connectivity index (χ2n) is 18.4. The molecule has 1 aliphatic carbocycles. The smallest absolute Gasteiger partial charge is 0.164 e. The van der Waals surface area contributed by atoms with Crippen molar-refractivity contribution in [2.24, 2.45) is 0 Å². The van der Waals surface area contributed by atoms with Crippen LogP contribution in [0, 0.1) is 0 Å². The molecular weight excluding hydrogens is 813 g/mol. The van der Waals surface area contributed by atoms with Gasteiger partial charge in [0, 0.05) is 34.5 Å². The van der Waals surface area contributed by atoms with Gasteiger partial charge >= 0.3 is 0 Å². The van der Waals surface area contributed by atoms with Crippen LogP contribution in [0.2, 0.25) is 0 Å². The highest BCUT2D eigenvalue weighted by atomic mass is 15.0. The number of hydrogen-bond acceptors (Lipinski definition) is 4. The van der Waals surface area contributed by atoms with E-state index >= 15 is 0 Å². The summed E-state index contributed by atoms with van der Waals surface area (Å²) in [7, 11) is 0. The lowest BCUT2D eigenvalue weighted by molar-refractivity contribution is 0.660. The Balaban J connectivity index is 1.01. The van der Waals surface area contributed by atoms with Gasteiger partial charge in [0.05, 0.1) is 0 Å². The van der Waals surface area contributed by atoms with E-state index in [1.807, 2.05) is 12.3 Å². The molecule has 0 spiro atoms. The van der Waals surface area contributed by atoms with Crippen LogP contribution < -0.4 is 0 Å². The Morgan fingerprint density at radius 1 is 0.284 bits per heavy atom. The summed E-state index contributed by atoms with van der Waals surface area (Å²) in [5.74, 6) is 1.85. The van der Waals surface area contributed by atoms with Crippen LogP contribution in [-0.2, 0) is 5.41 Å². The number of pyridine rings is 1. The minimum absolute atomic E-state index is 0.113. The lowest BCUT2D eigenvalue weighted by Gasteiger charge is -2.21. The maximum atomic E-state index is 5.39. The molecule has 10 aromatic carbocycles. The minimum Gasteiger partial charge on any atom is -0.264 e. The monoisotopic (exact) mass is 854 g/mol. The number of benzene rings is 10. The van der Waals surface area contributed by atoms with E-state index in [9.17, 15) is 0 Å². The zero-order valence-corrected chi connectivity index (χ0v) is 37.1. The summed E-state index contributed by atoms with van der Waals surface area (Å²) >= 11 is 0. The Labute approximate surface area is 389 Å². The maximum absolute atomic E-state index is 5.39. The van der Waals surface area contributed by atoms with Crippen molar-refractivity contribution in [3.8, 4) is 78.7 Å². The topological polar surface area (TPSA) is 51.6 Å². The lowest BCUT2D eigenvalue weighted by atomic mass is 9.82. The van der Waals surface area contributed by atoms with E-state index in [0.717, 1.165) is 50.1 Å². The van der Waals surface area contributed by atoms with E-state index in [-0.39, 0.29) is 5.41 Å². The minimum atomic E-state index is -0.113. The highest BCUT2D eigenvalue weighted by molar-refractivity contribution is 6.02. The SMILES string of the molecule is CC1(C)c2ccccc2-c2cc(-c3nc(-c4ccc(-c5cccnc5)cc4)nc(-c4cc(-c5ccc6cc7ccccc7cc6c5)cc(-c5ccc6cc7ccccc7cc6c5)c4)n3)ccc21. The van der Waals surface area contributed by atoms with E-state index in [0.29, 0.717) is 17.5 Å². The fourth-order valence-corrected chi connectivity index (χ4v) is 10.3. The van der Waals surface area contributed by atoms with Crippen LogP contribution >= 0.6 is 0 Å². The second kappa shape index (κ2) is 15.3. The molecule has 0 atom stereocenters. The molecule has 13 rings (SSSR count). The van der Waals surface area contributed by atoms with Crippen molar-refractivity contribution < 1.29 is 0 Å². The molecule has 12 aromatic rings. The number of aromatic nitrogens is 4. The Bertz CT molecular complexity index is 3810. The molecule has 0 radical (unpaired) electrons. The first-order valence-corrected chi connectivity index (χ1v) is 22.9. The van der Waals surface area contributed by atoms with E-state index in [1.54, 1.807) is 6.20 Å². The summed E-state index contributed by atoms with van der Waals surface area (Å²) in [5, 5.41) is 9.74. The molecule has 2 aromatic heterocycles. The van der Waals surface area contributed by atoms with Crippen molar-refractivity contribution in [2.75, 3.05) is 0 Å². The number of rotatable bonds is 6. The van der Waals surface area contributed by atoms with Crippen LogP contribution in [0.15, 0.2) is 219 Å². The first-order valence-electron chi connectivity index (χ1n) is 22.9. The van der Waals surface area contributed by atoms with Gasteiger partial charge in [-0.3, -0.25) is 4.98 Å². The standard InChI is InChI=1S/C63H42N4/c1-63(2)58-16-8-7-15-56(58)57-37-49(25-26-59(57)63)61-65-60(40-19-17-39(18-20-40)50-14-9-27-64-38-50)66-62(67-61)55-35-53(47-23-21-45-28-41-10-3-5-12-43(41)30-51(45)32-47)34-54(36-55)48-24-22-46-29-42-11-4-6-13-44(42)31-52(46)33-48/h3-38H,1-2H3. The van der Waals surface area contributed by atoms with E-state index < -0.39 is 0 Å². The van der Waals surface area contributed by atoms with Crippen LogP contribution in [0.1, 0.15) is 25.0 Å². The highest BCUT2D eigenvalue weighted by Crippen LogP contribution is 2.49. The van der Waals surface area contributed by atoms with Crippen LogP contribution in [0.5, 0.6) is 0 Å². The van der Waals surface area contributed by atoms with Gasteiger partial charge in [0.25, 0.3) is 0 Å². The predicted octanol–water partition coefficient (Wildman–Crippen LogP) is 16.2. The van der Waals surface area contributed by atoms with Gasteiger partial charge in [0.15, 0.2) is 17.5 Å². The van der Waals surface area contributed by atoms with Crippen LogP contribution in [0.4, 0.5) is 0 Å². The zero-order chi connectivity index (χ0) is 44.6. The van der Waals surface area contributed by atoms with Gasteiger partial charge in [0.2, 0.25) is 0 Å². The molecule has 0 aliphatic heterocycles. The summed E-state index contributed by atoms with van der Waals surface area (Å²) in [4.78, 5) is 20.3. The van der Waals surface area contributed by atoms with E-state index in [2.05, 4.69) is 219 Å². The fourth-order valence-electron chi connectivity index (χ4n) is 10.3. The summed E-state index contributed by atoms with van der Waals surface area (Å²) in [6.45, 7) is 4.62. The van der Waals surface area contributed by atoms with Gasteiger partial charge in [-0.15, -0.1) is 0 Å². The third-order valence-electron chi connectivity index (χ3n) is 13.9. The third-order valence-corrected chi connectivity index (χ3v) is 13.9. The van der Waals surface area contributed by atoms with Crippen LogP contribution in [0.25, 0.3) is 122 Å². The van der Waals surface area contributed by atoms with Crippen molar-refractivity contribution >= 4 is 43.1 Å². The Morgan fingerprint density at radius 2 is 0.746 bits per heavy atom. The van der Waals surface area contributed by atoms with Gasteiger partial charge in [-0.05, 0) is 165 Å². The van der Waals surface area contributed by atoms with Crippen molar-refractivity contribution in [3.05, 3.63) is 230 Å². The molecule has 67 heavy (non-hydrogen) atoms. The van der Waals surface area contributed by atoms with Gasteiger partial charge in [-0.25, -0.2) is 15.0 Å². The Hall–Kier alpha value is -8.60. The van der Waals surface area contributed by atoms with Gasteiger partial charge in [-0.1, -0.05) is 153 Å². The zero-order valence-electron chi connectivity index (χ0n) is 37.1. The molecule has 0 unspecified atom stereocenters. The highest BCUT2D eigenvalue weighted by Gasteiger charge is 2.35. The van der Waals surface area contributed by atoms with E-state index in [1.165, 1.54) is 65.3 Å². The maximum Gasteiger partial charge on any atom is 0.164 e. The first-order chi connectivity index (χ1) is 32.9. The molecule has 314 valence electrons. The number of hydrogen-bond donors (Lipinski definition) is 0. The molecule has 0 N–H and O–H groups in total. The summed E-state index contributed by atoms with van der Waals surface area (Å²) in [5.41, 5.74) is 14.3. The summed E-state index contributed by atoms with van der Waals surface area (Å²) in [6, 6.07) is 74.7. The van der Waals surface area contributed by atoms with Crippen molar-refractivity contribution in [1.82, 2.24) is 19.9 Å².